The molecule has 1 aromatic carbocycles. The molecule has 3 aromatic rings. The van der Waals surface area contributed by atoms with Gasteiger partial charge in [0.25, 0.3) is 0 Å². The number of aryl methyl sites for hydroxylation is 1. The highest BCUT2D eigenvalue weighted by Crippen LogP contribution is 2.30. The third-order valence-corrected chi connectivity index (χ3v) is 4.20. The van der Waals surface area contributed by atoms with Gasteiger partial charge in [-0.1, -0.05) is 18.2 Å². The first-order valence-electron chi connectivity index (χ1n) is 6.70. The second-order valence-corrected chi connectivity index (χ2v) is 5.69. The number of ether oxygens (including phenoxy) is 1. The average molecular weight is 339 g/mol. The molecule has 0 saturated heterocycles. The third kappa shape index (κ3) is 3.53. The number of rotatable bonds is 4. The van der Waals surface area contributed by atoms with Crippen molar-refractivity contribution in [2.24, 2.45) is 0 Å². The van der Waals surface area contributed by atoms with Crippen LogP contribution in [0.4, 0.5) is 19.0 Å². The first-order chi connectivity index (χ1) is 10.9. The Bertz CT molecular complexity index is 832. The third-order valence-electron chi connectivity index (χ3n) is 3.20. The van der Waals surface area contributed by atoms with E-state index in [1.807, 2.05) is 12.3 Å². The molecular formula is C15H12F3N3OS. The highest BCUT2D eigenvalue weighted by Gasteiger charge is 2.31. The molecule has 8 heteroatoms. The number of halogens is 3. The summed E-state index contributed by atoms with van der Waals surface area (Å²) >= 11 is 1.50. The lowest BCUT2D eigenvalue weighted by Gasteiger charge is -2.14. The fraction of sp³-hybridized carbons (Fsp3) is 0.200. The highest BCUT2D eigenvalue weighted by molar-refractivity contribution is 7.17. The molecule has 1 N–H and O–H groups in total. The van der Waals surface area contributed by atoms with Crippen LogP contribution in [0.2, 0.25) is 0 Å². The molecule has 0 saturated carbocycles. The van der Waals surface area contributed by atoms with Crippen molar-refractivity contribution in [3.05, 3.63) is 47.1 Å². The van der Waals surface area contributed by atoms with Gasteiger partial charge in [-0.3, -0.25) is 0 Å². The van der Waals surface area contributed by atoms with E-state index in [0.717, 1.165) is 15.8 Å². The number of aromatic nitrogens is 2. The van der Waals surface area contributed by atoms with Gasteiger partial charge in [-0.25, -0.2) is 9.97 Å². The lowest BCUT2D eigenvalue weighted by molar-refractivity contribution is -0.274. The summed E-state index contributed by atoms with van der Waals surface area (Å²) in [5.74, 6) is 0.371. The number of nitrogens with one attached hydrogen (secondary N) is 1. The van der Waals surface area contributed by atoms with Gasteiger partial charge in [0.15, 0.2) is 0 Å². The first kappa shape index (κ1) is 15.5. The van der Waals surface area contributed by atoms with E-state index in [2.05, 4.69) is 20.0 Å². The van der Waals surface area contributed by atoms with Crippen LogP contribution in [0, 0.1) is 6.92 Å². The Morgan fingerprint density at radius 2 is 2.00 bits per heavy atom. The number of nitrogens with zero attached hydrogens (tertiary/aromatic N) is 2. The molecule has 0 aliphatic carbocycles. The van der Waals surface area contributed by atoms with Crippen LogP contribution in [0.15, 0.2) is 36.0 Å². The largest absolute Gasteiger partial charge is 0.573 e. The van der Waals surface area contributed by atoms with E-state index in [1.165, 1.54) is 29.8 Å². The Labute approximate surface area is 134 Å². The predicted octanol–water partition coefficient (Wildman–Crippen LogP) is 4.51. The molecule has 3 rings (SSSR count). The number of hydrogen-bond acceptors (Lipinski definition) is 5. The van der Waals surface area contributed by atoms with Gasteiger partial charge in [-0.15, -0.1) is 24.5 Å². The maximum atomic E-state index is 12.4. The smallest absolute Gasteiger partial charge is 0.405 e. The quantitative estimate of drug-likeness (QED) is 0.760. The Morgan fingerprint density at radius 3 is 2.78 bits per heavy atom. The Balaban J connectivity index is 1.84. The van der Waals surface area contributed by atoms with E-state index in [9.17, 15) is 13.2 Å². The Hall–Kier alpha value is -2.35. The van der Waals surface area contributed by atoms with Crippen LogP contribution in [0.3, 0.4) is 0 Å². The number of hydrogen-bond donors (Lipinski definition) is 1. The van der Waals surface area contributed by atoms with Crippen molar-refractivity contribution in [3.63, 3.8) is 0 Å². The summed E-state index contributed by atoms with van der Waals surface area (Å²) in [6.45, 7) is 2.10. The normalized spacial score (nSPS) is 11.7. The zero-order chi connectivity index (χ0) is 16.4. The van der Waals surface area contributed by atoms with E-state index >= 15 is 0 Å². The van der Waals surface area contributed by atoms with Gasteiger partial charge in [0.2, 0.25) is 0 Å². The summed E-state index contributed by atoms with van der Waals surface area (Å²) in [7, 11) is 0. The topological polar surface area (TPSA) is 47.0 Å². The number of benzene rings is 1. The van der Waals surface area contributed by atoms with Gasteiger partial charge < -0.3 is 10.1 Å². The molecule has 120 valence electrons. The van der Waals surface area contributed by atoms with Crippen molar-refractivity contribution < 1.29 is 17.9 Å². The SMILES string of the molecule is Cc1csc2ncnc(NCc3ccccc3OC(F)(F)F)c12. The molecule has 0 radical (unpaired) electrons. The monoisotopic (exact) mass is 339 g/mol. The van der Waals surface area contributed by atoms with Gasteiger partial charge in [0, 0.05) is 12.1 Å². The van der Waals surface area contributed by atoms with Crippen molar-refractivity contribution in [1.29, 1.82) is 0 Å². The van der Waals surface area contributed by atoms with Gasteiger partial charge in [0.1, 0.15) is 22.7 Å². The van der Waals surface area contributed by atoms with Gasteiger partial charge in [0.05, 0.1) is 5.39 Å². The van der Waals surface area contributed by atoms with E-state index < -0.39 is 6.36 Å². The van der Waals surface area contributed by atoms with Gasteiger partial charge in [-0.05, 0) is 23.9 Å². The minimum atomic E-state index is -4.72. The maximum absolute atomic E-state index is 12.4. The second kappa shape index (κ2) is 6.04. The lowest BCUT2D eigenvalue weighted by Crippen LogP contribution is -2.18. The predicted molar refractivity (Wildman–Crippen MR) is 82.6 cm³/mol. The minimum Gasteiger partial charge on any atom is -0.405 e. The van der Waals surface area contributed by atoms with Crippen LogP contribution in [0.25, 0.3) is 10.2 Å². The highest BCUT2D eigenvalue weighted by atomic mass is 32.1. The molecule has 0 unspecified atom stereocenters. The number of fused-ring (bicyclic) bond motifs is 1. The summed E-state index contributed by atoms with van der Waals surface area (Å²) in [5, 5.41) is 5.91. The summed E-state index contributed by atoms with van der Waals surface area (Å²) in [5.41, 5.74) is 1.41. The van der Waals surface area contributed by atoms with Crippen LogP contribution >= 0.6 is 11.3 Å². The van der Waals surface area contributed by atoms with E-state index in [4.69, 9.17) is 0 Å². The maximum Gasteiger partial charge on any atom is 0.573 e. The summed E-state index contributed by atoms with van der Waals surface area (Å²) < 4.78 is 41.4. The Morgan fingerprint density at radius 1 is 1.22 bits per heavy atom. The fourth-order valence-corrected chi connectivity index (χ4v) is 3.09. The molecule has 0 aliphatic rings. The average Bonchev–Trinajstić information content (AvgIpc) is 2.87. The van der Waals surface area contributed by atoms with Crippen molar-refractivity contribution >= 4 is 27.4 Å². The second-order valence-electron chi connectivity index (χ2n) is 4.83. The van der Waals surface area contributed by atoms with Crippen LogP contribution in [-0.2, 0) is 6.54 Å². The number of alkyl halides is 3. The molecule has 23 heavy (non-hydrogen) atoms. The molecule has 0 amide bonds. The first-order valence-corrected chi connectivity index (χ1v) is 7.58. The van der Waals surface area contributed by atoms with Crippen molar-refractivity contribution in [2.75, 3.05) is 5.32 Å². The van der Waals surface area contributed by atoms with E-state index in [-0.39, 0.29) is 12.3 Å². The summed E-state index contributed by atoms with van der Waals surface area (Å²) in [6, 6.07) is 6.02. The van der Waals surface area contributed by atoms with Crippen molar-refractivity contribution in [1.82, 2.24) is 9.97 Å². The van der Waals surface area contributed by atoms with E-state index in [0.29, 0.717) is 11.4 Å². The van der Waals surface area contributed by atoms with Crippen molar-refractivity contribution in [2.45, 2.75) is 19.8 Å². The molecule has 0 bridgehead atoms. The zero-order valence-corrected chi connectivity index (χ0v) is 12.8. The molecule has 0 atom stereocenters. The fourth-order valence-electron chi connectivity index (χ4n) is 2.20. The molecule has 4 nitrogen and oxygen atoms in total. The molecule has 2 aromatic heterocycles. The molecule has 0 fully saturated rings. The van der Waals surface area contributed by atoms with Crippen LogP contribution < -0.4 is 10.1 Å². The van der Waals surface area contributed by atoms with Gasteiger partial charge in [-0.2, -0.15) is 0 Å². The van der Waals surface area contributed by atoms with Crippen LogP contribution in [-0.4, -0.2) is 16.3 Å². The van der Waals surface area contributed by atoms with E-state index in [1.54, 1.807) is 12.1 Å². The molecule has 0 aliphatic heterocycles. The summed E-state index contributed by atoms with van der Waals surface area (Å²) in [6.07, 6.45) is -3.29. The molecular weight excluding hydrogens is 327 g/mol. The standard InChI is InChI=1S/C15H12F3N3OS/c1-9-7-23-14-12(9)13(20-8-21-14)19-6-10-4-2-3-5-11(10)22-15(16,17)18/h2-5,7-8H,6H2,1H3,(H,19,20,21). The van der Waals surface area contributed by atoms with Gasteiger partial charge >= 0.3 is 6.36 Å². The minimum absolute atomic E-state index is 0.160. The van der Waals surface area contributed by atoms with Crippen LogP contribution in [0.5, 0.6) is 5.75 Å². The lowest BCUT2D eigenvalue weighted by atomic mass is 10.2. The zero-order valence-electron chi connectivity index (χ0n) is 12.0. The molecule has 2 heterocycles. The number of thiophene rings is 1. The summed E-state index contributed by atoms with van der Waals surface area (Å²) in [4.78, 5) is 9.19. The Kier molecular flexibility index (Phi) is 4.08. The number of anilines is 1. The molecule has 0 spiro atoms. The van der Waals surface area contributed by atoms with Crippen LogP contribution in [0.1, 0.15) is 11.1 Å². The number of para-hydroxylation sites is 1. The van der Waals surface area contributed by atoms with Crippen molar-refractivity contribution in [3.8, 4) is 5.75 Å².